The number of nitrogens with zero attached hydrogens (tertiary/aromatic N) is 1. The van der Waals surface area contributed by atoms with E-state index in [-0.39, 0.29) is 17.9 Å². The quantitative estimate of drug-likeness (QED) is 0.803. The molecule has 0 fully saturated rings. The minimum Gasteiger partial charge on any atom is -0.481 e. The van der Waals surface area contributed by atoms with Crippen molar-refractivity contribution >= 4 is 5.91 Å². The van der Waals surface area contributed by atoms with Crippen LogP contribution in [0.15, 0.2) is 24.3 Å². The second-order valence-electron chi connectivity index (χ2n) is 5.75. The van der Waals surface area contributed by atoms with Gasteiger partial charge in [-0.2, -0.15) is 5.26 Å². The molecule has 1 aromatic rings. The summed E-state index contributed by atoms with van der Waals surface area (Å²) in [6, 6.07) is 8.64. The van der Waals surface area contributed by atoms with Crippen LogP contribution in [0, 0.1) is 16.7 Å². The molecule has 0 radical (unpaired) electrons. The van der Waals surface area contributed by atoms with Crippen molar-refractivity contribution in [2.75, 3.05) is 13.2 Å². The van der Waals surface area contributed by atoms with E-state index in [9.17, 15) is 4.79 Å². The van der Waals surface area contributed by atoms with Crippen LogP contribution in [0.4, 0.5) is 0 Å². The number of nitriles is 1. The molecule has 1 aromatic carbocycles. The van der Waals surface area contributed by atoms with Crippen LogP contribution in [-0.4, -0.2) is 30.3 Å². The van der Waals surface area contributed by atoms with E-state index >= 15 is 0 Å². The molecule has 0 spiro atoms. The summed E-state index contributed by atoms with van der Waals surface area (Å²) in [5.41, 5.74) is 0.392. The van der Waals surface area contributed by atoms with Crippen LogP contribution in [0.25, 0.3) is 0 Å². The van der Waals surface area contributed by atoms with Crippen molar-refractivity contribution in [1.82, 2.24) is 5.32 Å². The van der Waals surface area contributed by atoms with Crippen molar-refractivity contribution in [2.24, 2.45) is 5.41 Å². The van der Waals surface area contributed by atoms with Gasteiger partial charge in [0.2, 0.25) is 0 Å². The molecule has 0 heterocycles. The Bertz CT molecular complexity index is 503. The van der Waals surface area contributed by atoms with E-state index in [1.165, 1.54) is 0 Å². The number of amides is 1. The van der Waals surface area contributed by atoms with Crippen molar-refractivity contribution in [3.05, 3.63) is 29.8 Å². The average Bonchev–Trinajstić information content (AvgIpc) is 2.45. The maximum absolute atomic E-state index is 12.0. The molecule has 0 aliphatic heterocycles. The minimum absolute atomic E-state index is 0.0974. The number of benzene rings is 1. The third kappa shape index (κ3) is 5.84. The molecule has 0 aliphatic rings. The van der Waals surface area contributed by atoms with Gasteiger partial charge in [-0.25, -0.2) is 0 Å². The van der Waals surface area contributed by atoms with Gasteiger partial charge in [0, 0.05) is 13.2 Å². The molecule has 5 nitrogen and oxygen atoms in total. The lowest BCUT2D eigenvalue weighted by atomic mass is 9.90. The molecule has 0 saturated heterocycles. The second kappa shape index (κ2) is 7.65. The largest absolute Gasteiger partial charge is 0.481 e. The third-order valence-corrected chi connectivity index (χ3v) is 3.20. The number of aliphatic hydroxyl groups is 1. The van der Waals surface area contributed by atoms with Gasteiger partial charge in [0.05, 0.1) is 11.6 Å². The summed E-state index contributed by atoms with van der Waals surface area (Å²) in [6.07, 6.45) is 0.000805. The SMILES string of the molecule is CC(Oc1ccc(C#N)cc1)C(=O)NCC(C)(C)CCO. The average molecular weight is 290 g/mol. The molecule has 5 heteroatoms. The molecule has 1 rings (SSSR count). The van der Waals surface area contributed by atoms with Crippen LogP contribution in [0.1, 0.15) is 32.8 Å². The lowest BCUT2D eigenvalue weighted by Gasteiger charge is -2.25. The van der Waals surface area contributed by atoms with Crippen molar-refractivity contribution in [2.45, 2.75) is 33.3 Å². The van der Waals surface area contributed by atoms with Crippen molar-refractivity contribution in [1.29, 1.82) is 5.26 Å². The molecule has 2 N–H and O–H groups in total. The number of carbonyl (C=O) groups excluding carboxylic acids is 1. The van der Waals surface area contributed by atoms with Gasteiger partial charge in [0.1, 0.15) is 5.75 Å². The molecule has 1 amide bonds. The van der Waals surface area contributed by atoms with E-state index in [0.29, 0.717) is 24.3 Å². The Morgan fingerprint density at radius 1 is 1.43 bits per heavy atom. The van der Waals surface area contributed by atoms with Gasteiger partial charge in [-0.3, -0.25) is 4.79 Å². The van der Waals surface area contributed by atoms with Gasteiger partial charge >= 0.3 is 0 Å². The second-order valence-corrected chi connectivity index (χ2v) is 5.75. The van der Waals surface area contributed by atoms with Gasteiger partial charge < -0.3 is 15.2 Å². The van der Waals surface area contributed by atoms with Gasteiger partial charge in [0.15, 0.2) is 6.10 Å². The molecule has 114 valence electrons. The van der Waals surface area contributed by atoms with Crippen LogP contribution in [0.2, 0.25) is 0 Å². The number of hydrogen-bond donors (Lipinski definition) is 2. The number of rotatable bonds is 7. The summed E-state index contributed by atoms with van der Waals surface area (Å²) < 4.78 is 5.53. The van der Waals surface area contributed by atoms with Crippen LogP contribution < -0.4 is 10.1 Å². The van der Waals surface area contributed by atoms with Crippen LogP contribution in [-0.2, 0) is 4.79 Å². The first-order chi connectivity index (χ1) is 9.88. The van der Waals surface area contributed by atoms with Crippen LogP contribution in [0.3, 0.4) is 0 Å². The first-order valence-electron chi connectivity index (χ1n) is 6.93. The number of nitrogens with one attached hydrogen (secondary N) is 1. The van der Waals surface area contributed by atoms with Gasteiger partial charge in [-0.15, -0.1) is 0 Å². The Kier molecular flexibility index (Phi) is 6.19. The Balaban J connectivity index is 2.49. The number of aliphatic hydroxyl groups excluding tert-OH is 1. The zero-order chi connectivity index (χ0) is 15.9. The first-order valence-corrected chi connectivity index (χ1v) is 6.93. The third-order valence-electron chi connectivity index (χ3n) is 3.20. The Hall–Kier alpha value is -2.06. The number of carbonyl (C=O) groups is 1. The Morgan fingerprint density at radius 2 is 2.05 bits per heavy atom. The highest BCUT2D eigenvalue weighted by Crippen LogP contribution is 2.18. The summed E-state index contributed by atoms with van der Waals surface area (Å²) in [4.78, 5) is 12.0. The molecule has 1 atom stereocenters. The summed E-state index contributed by atoms with van der Waals surface area (Å²) >= 11 is 0. The van der Waals surface area contributed by atoms with Crippen LogP contribution >= 0.6 is 0 Å². The molecule has 0 aromatic heterocycles. The molecular weight excluding hydrogens is 268 g/mol. The summed E-state index contributed by atoms with van der Waals surface area (Å²) in [7, 11) is 0. The Labute approximate surface area is 125 Å². The predicted octanol–water partition coefficient (Wildman–Crippen LogP) is 1.85. The minimum atomic E-state index is -0.622. The molecule has 0 bridgehead atoms. The maximum atomic E-state index is 12.0. The van der Waals surface area contributed by atoms with Crippen molar-refractivity contribution < 1.29 is 14.6 Å². The standard InChI is InChI=1S/C16H22N2O3/c1-12(15(20)18-11-16(2,3)8-9-19)21-14-6-4-13(10-17)5-7-14/h4-7,12,19H,8-9,11H2,1-3H3,(H,18,20). The zero-order valence-corrected chi connectivity index (χ0v) is 12.7. The van der Waals surface area contributed by atoms with Gasteiger partial charge in [-0.1, -0.05) is 13.8 Å². The Morgan fingerprint density at radius 3 is 2.57 bits per heavy atom. The highest BCUT2D eigenvalue weighted by molar-refractivity contribution is 5.80. The normalized spacial score (nSPS) is 12.3. The monoisotopic (exact) mass is 290 g/mol. The highest BCUT2D eigenvalue weighted by atomic mass is 16.5. The van der Waals surface area contributed by atoms with E-state index in [1.807, 2.05) is 19.9 Å². The fraction of sp³-hybridized carbons (Fsp3) is 0.500. The first kappa shape index (κ1) is 17.0. The fourth-order valence-corrected chi connectivity index (χ4v) is 1.73. The van der Waals surface area contributed by atoms with E-state index in [4.69, 9.17) is 15.1 Å². The summed E-state index contributed by atoms with van der Waals surface area (Å²) in [5, 5.41) is 20.5. The van der Waals surface area contributed by atoms with Crippen LogP contribution in [0.5, 0.6) is 5.75 Å². The zero-order valence-electron chi connectivity index (χ0n) is 12.7. The number of hydrogen-bond acceptors (Lipinski definition) is 4. The molecule has 0 aliphatic carbocycles. The fourth-order valence-electron chi connectivity index (χ4n) is 1.73. The van der Waals surface area contributed by atoms with Gasteiger partial charge in [-0.05, 0) is 43.0 Å². The van der Waals surface area contributed by atoms with E-state index in [0.717, 1.165) is 0 Å². The molecule has 0 saturated carbocycles. The highest BCUT2D eigenvalue weighted by Gasteiger charge is 2.21. The smallest absolute Gasteiger partial charge is 0.260 e. The predicted molar refractivity (Wildman–Crippen MR) is 79.7 cm³/mol. The molecular formula is C16H22N2O3. The van der Waals surface area contributed by atoms with E-state index in [1.54, 1.807) is 31.2 Å². The lowest BCUT2D eigenvalue weighted by Crippen LogP contribution is -2.41. The topological polar surface area (TPSA) is 82.3 Å². The van der Waals surface area contributed by atoms with E-state index < -0.39 is 6.10 Å². The summed E-state index contributed by atoms with van der Waals surface area (Å²) in [5.74, 6) is 0.344. The van der Waals surface area contributed by atoms with E-state index in [2.05, 4.69) is 5.32 Å². The lowest BCUT2D eigenvalue weighted by molar-refractivity contribution is -0.127. The van der Waals surface area contributed by atoms with Crippen molar-refractivity contribution in [3.63, 3.8) is 0 Å². The maximum Gasteiger partial charge on any atom is 0.260 e. The summed E-state index contributed by atoms with van der Waals surface area (Å²) in [6.45, 7) is 6.21. The van der Waals surface area contributed by atoms with Gasteiger partial charge in [0.25, 0.3) is 5.91 Å². The van der Waals surface area contributed by atoms with Crippen molar-refractivity contribution in [3.8, 4) is 11.8 Å². The molecule has 21 heavy (non-hydrogen) atoms. The molecule has 1 unspecified atom stereocenters. The number of ether oxygens (including phenoxy) is 1.